The van der Waals surface area contributed by atoms with Gasteiger partial charge >= 0.3 is 0 Å². The molecule has 1 aliphatic rings. The second-order valence-corrected chi connectivity index (χ2v) is 7.45. The monoisotopic (exact) mass is 416 g/mol. The summed E-state index contributed by atoms with van der Waals surface area (Å²) >= 11 is 0. The third kappa shape index (κ3) is 4.03. The van der Waals surface area contributed by atoms with Gasteiger partial charge in [-0.05, 0) is 49.2 Å². The minimum atomic E-state index is -0.487. The van der Waals surface area contributed by atoms with E-state index < -0.39 is 4.92 Å². The smallest absolute Gasteiger partial charge is 0.270 e. The van der Waals surface area contributed by atoms with Crippen molar-refractivity contribution in [3.8, 4) is 11.8 Å². The number of nitriles is 1. The van der Waals surface area contributed by atoms with Gasteiger partial charge in [-0.15, -0.1) is 0 Å². The van der Waals surface area contributed by atoms with Crippen LogP contribution in [0.2, 0.25) is 0 Å². The van der Waals surface area contributed by atoms with Crippen LogP contribution in [0, 0.1) is 27.4 Å². The maximum atomic E-state index is 12.8. The lowest BCUT2D eigenvalue weighted by Crippen LogP contribution is -2.36. The van der Waals surface area contributed by atoms with E-state index in [1.165, 1.54) is 12.1 Å². The molecule has 0 N–H and O–H groups in total. The molecular weight excluding hydrogens is 396 g/mol. The number of Topliss-reactive ketones (excluding diaryl/α,β-unsaturated/α-hetero) is 1. The number of aromatic nitrogens is 1. The summed E-state index contributed by atoms with van der Waals surface area (Å²) in [5.41, 5.74) is 1.49. The molecule has 0 unspecified atom stereocenters. The number of nitro benzene ring substituents is 1. The lowest BCUT2D eigenvalue weighted by Gasteiger charge is -2.32. The number of pyridine rings is 1. The van der Waals surface area contributed by atoms with Crippen molar-refractivity contribution >= 4 is 28.2 Å². The third-order valence-corrected chi connectivity index (χ3v) is 5.67. The summed E-state index contributed by atoms with van der Waals surface area (Å²) in [5, 5.41) is 21.0. The molecule has 2 aromatic carbocycles. The van der Waals surface area contributed by atoms with E-state index in [2.05, 4.69) is 16.0 Å². The van der Waals surface area contributed by atoms with Crippen LogP contribution in [0.3, 0.4) is 0 Å². The molecule has 0 aliphatic carbocycles. The summed E-state index contributed by atoms with van der Waals surface area (Å²) in [4.78, 5) is 30.0. The number of benzene rings is 2. The molecule has 1 aliphatic heterocycles. The van der Waals surface area contributed by atoms with Crippen LogP contribution in [0.1, 0.15) is 28.8 Å². The molecule has 8 heteroatoms. The Bertz CT molecular complexity index is 1190. The highest BCUT2D eigenvalue weighted by Crippen LogP contribution is 2.30. The Morgan fingerprint density at radius 3 is 2.52 bits per heavy atom. The van der Waals surface area contributed by atoms with Crippen molar-refractivity contribution < 1.29 is 14.5 Å². The zero-order valence-corrected chi connectivity index (χ0v) is 16.9. The third-order valence-electron chi connectivity index (χ3n) is 5.67. The molecule has 156 valence electrons. The van der Waals surface area contributed by atoms with Crippen LogP contribution in [0.4, 0.5) is 11.5 Å². The van der Waals surface area contributed by atoms with Crippen LogP contribution in [0.15, 0.2) is 48.5 Å². The van der Waals surface area contributed by atoms with Gasteiger partial charge in [0.25, 0.3) is 5.69 Å². The predicted octanol–water partition coefficient (Wildman–Crippen LogP) is 4.12. The number of anilines is 1. The molecule has 0 bridgehead atoms. The van der Waals surface area contributed by atoms with E-state index in [4.69, 9.17) is 4.74 Å². The molecule has 0 amide bonds. The number of carbonyl (C=O) groups is 1. The molecule has 4 rings (SSSR count). The largest absolute Gasteiger partial charge is 0.497 e. The van der Waals surface area contributed by atoms with Gasteiger partial charge in [-0.2, -0.15) is 5.26 Å². The number of fused-ring (bicyclic) bond motifs is 1. The molecule has 2 heterocycles. The molecule has 31 heavy (non-hydrogen) atoms. The predicted molar refractivity (Wildman–Crippen MR) is 115 cm³/mol. The van der Waals surface area contributed by atoms with E-state index in [1.54, 1.807) is 43.5 Å². The summed E-state index contributed by atoms with van der Waals surface area (Å²) in [5.74, 6) is 1.42. The number of methoxy groups -OCH3 is 1. The first-order valence-corrected chi connectivity index (χ1v) is 9.92. The highest BCUT2D eigenvalue weighted by molar-refractivity contribution is 5.98. The zero-order chi connectivity index (χ0) is 22.0. The number of nitro groups is 1. The van der Waals surface area contributed by atoms with Gasteiger partial charge in [0.1, 0.15) is 11.6 Å². The summed E-state index contributed by atoms with van der Waals surface area (Å²) in [7, 11) is 1.59. The number of piperidine rings is 1. The van der Waals surface area contributed by atoms with E-state index in [0.717, 1.165) is 0 Å². The van der Waals surface area contributed by atoms with E-state index in [0.29, 0.717) is 59.5 Å². The Balaban J connectivity index is 1.51. The minimum absolute atomic E-state index is 0.0665. The van der Waals surface area contributed by atoms with Gasteiger partial charge in [-0.25, -0.2) is 4.98 Å². The molecule has 1 saturated heterocycles. The van der Waals surface area contributed by atoms with Crippen molar-refractivity contribution in [2.75, 3.05) is 25.1 Å². The average Bonchev–Trinajstić information content (AvgIpc) is 2.82. The lowest BCUT2D eigenvalue weighted by atomic mass is 9.89. The second-order valence-electron chi connectivity index (χ2n) is 7.45. The van der Waals surface area contributed by atoms with Gasteiger partial charge in [-0.1, -0.05) is 0 Å². The number of hydrogen-bond acceptors (Lipinski definition) is 7. The van der Waals surface area contributed by atoms with E-state index >= 15 is 0 Å². The molecule has 0 spiro atoms. The summed E-state index contributed by atoms with van der Waals surface area (Å²) in [6.45, 7) is 1.28. The van der Waals surface area contributed by atoms with Crippen molar-refractivity contribution in [2.24, 2.45) is 5.92 Å². The molecule has 1 fully saturated rings. The van der Waals surface area contributed by atoms with Crippen molar-refractivity contribution in [3.63, 3.8) is 0 Å². The summed E-state index contributed by atoms with van der Waals surface area (Å²) in [6.07, 6.45) is 1.37. The first kappa shape index (κ1) is 20.3. The Morgan fingerprint density at radius 2 is 1.90 bits per heavy atom. The van der Waals surface area contributed by atoms with Crippen LogP contribution >= 0.6 is 0 Å². The molecule has 8 nitrogen and oxygen atoms in total. The van der Waals surface area contributed by atoms with Gasteiger partial charge in [0, 0.05) is 42.1 Å². The quantitative estimate of drug-likeness (QED) is 0.349. The Hall–Kier alpha value is -3.99. The number of rotatable bonds is 5. The molecule has 0 saturated carbocycles. The molecule has 1 aromatic heterocycles. The first-order chi connectivity index (χ1) is 15.0. The van der Waals surface area contributed by atoms with Crippen LogP contribution in [-0.4, -0.2) is 35.9 Å². The standard InChI is InChI=1S/C23H20N4O4/c1-31-19-5-2-15(3-6-19)23(28)16-8-10-26(11-9-16)22-12-17(14-24)20-13-18(27(29)30)4-7-21(20)25-22/h2-7,12-13,16H,8-11H2,1H3. The topological polar surface area (TPSA) is 109 Å². The number of ketones is 1. The number of nitrogens with zero attached hydrogens (tertiary/aromatic N) is 4. The highest BCUT2D eigenvalue weighted by atomic mass is 16.6. The maximum absolute atomic E-state index is 12.8. The first-order valence-electron chi connectivity index (χ1n) is 9.92. The Labute approximate surface area is 178 Å². The van der Waals surface area contributed by atoms with Crippen LogP contribution in [0.5, 0.6) is 5.75 Å². The zero-order valence-electron chi connectivity index (χ0n) is 16.9. The maximum Gasteiger partial charge on any atom is 0.270 e. The summed E-state index contributed by atoms with van der Waals surface area (Å²) in [6, 6.07) is 15.3. The number of carbonyl (C=O) groups excluding carboxylic acids is 1. The second kappa shape index (κ2) is 8.40. The normalized spacial score (nSPS) is 14.3. The van der Waals surface area contributed by atoms with Gasteiger partial charge in [-0.3, -0.25) is 14.9 Å². The van der Waals surface area contributed by atoms with E-state index in [9.17, 15) is 20.2 Å². The summed E-state index contributed by atoms with van der Waals surface area (Å²) < 4.78 is 5.14. The van der Waals surface area contributed by atoms with Gasteiger partial charge in [0.15, 0.2) is 5.78 Å². The van der Waals surface area contributed by atoms with Crippen LogP contribution in [-0.2, 0) is 0 Å². The fourth-order valence-corrected chi connectivity index (χ4v) is 3.93. The lowest BCUT2D eigenvalue weighted by molar-refractivity contribution is -0.384. The fraction of sp³-hybridized carbons (Fsp3) is 0.261. The van der Waals surface area contributed by atoms with Crippen molar-refractivity contribution in [2.45, 2.75) is 12.8 Å². The minimum Gasteiger partial charge on any atom is -0.497 e. The molecule has 0 radical (unpaired) electrons. The SMILES string of the molecule is COc1ccc(C(=O)C2CCN(c3cc(C#N)c4cc([N+](=O)[O-])ccc4n3)CC2)cc1. The Kier molecular flexibility index (Phi) is 5.50. The van der Waals surface area contributed by atoms with Crippen molar-refractivity contribution in [1.82, 2.24) is 4.98 Å². The van der Waals surface area contributed by atoms with Gasteiger partial charge in [0.2, 0.25) is 0 Å². The van der Waals surface area contributed by atoms with Gasteiger partial charge < -0.3 is 9.64 Å². The Morgan fingerprint density at radius 1 is 1.19 bits per heavy atom. The van der Waals surface area contributed by atoms with E-state index in [-0.39, 0.29) is 17.4 Å². The average molecular weight is 416 g/mol. The van der Waals surface area contributed by atoms with Crippen LogP contribution < -0.4 is 9.64 Å². The number of ether oxygens (including phenoxy) is 1. The fourth-order valence-electron chi connectivity index (χ4n) is 3.93. The van der Waals surface area contributed by atoms with Crippen LogP contribution in [0.25, 0.3) is 10.9 Å². The molecule has 3 aromatic rings. The molecular formula is C23H20N4O4. The highest BCUT2D eigenvalue weighted by Gasteiger charge is 2.27. The number of non-ortho nitro benzene ring substituents is 1. The van der Waals surface area contributed by atoms with Crippen molar-refractivity contribution in [3.05, 3.63) is 69.8 Å². The van der Waals surface area contributed by atoms with Gasteiger partial charge in [0.05, 0.1) is 29.2 Å². The van der Waals surface area contributed by atoms with E-state index in [1.807, 2.05) is 0 Å². The number of hydrogen-bond donors (Lipinski definition) is 0. The van der Waals surface area contributed by atoms with Crippen molar-refractivity contribution in [1.29, 1.82) is 5.26 Å². The molecule has 0 atom stereocenters.